The fourth-order valence-electron chi connectivity index (χ4n) is 3.21. The van der Waals surface area contributed by atoms with E-state index in [4.69, 9.17) is 0 Å². The summed E-state index contributed by atoms with van der Waals surface area (Å²) in [6.45, 7) is 27.3. The fraction of sp³-hybridized carbons (Fsp3) is 1.00. The Kier molecular flexibility index (Phi) is 11.7. The maximum Gasteiger partial charge on any atom is 0.00693 e. The second kappa shape index (κ2) is 11.7. The lowest BCUT2D eigenvalue weighted by atomic mass is 9.76. The average molecular weight is 369 g/mol. The average Bonchev–Trinajstić information content (AvgIpc) is 2.53. The van der Waals surface area contributed by atoms with Crippen LogP contribution in [0.1, 0.15) is 94.9 Å². The SMILES string of the molecule is CC(CCN(C)CCCNC(C)C(C)C(C)(C)C)CCC(C)(C)C(C)C. The van der Waals surface area contributed by atoms with E-state index in [-0.39, 0.29) is 0 Å². The van der Waals surface area contributed by atoms with Crippen LogP contribution < -0.4 is 5.32 Å². The van der Waals surface area contributed by atoms with Gasteiger partial charge >= 0.3 is 0 Å². The first-order chi connectivity index (χ1) is 11.8. The summed E-state index contributed by atoms with van der Waals surface area (Å²) >= 11 is 0. The van der Waals surface area contributed by atoms with E-state index in [0.29, 0.717) is 22.8 Å². The number of nitrogens with one attached hydrogen (secondary N) is 1. The van der Waals surface area contributed by atoms with Crippen molar-refractivity contribution in [2.75, 3.05) is 26.7 Å². The van der Waals surface area contributed by atoms with Gasteiger partial charge in [0.05, 0.1) is 0 Å². The molecule has 0 fully saturated rings. The van der Waals surface area contributed by atoms with Gasteiger partial charge in [-0.3, -0.25) is 0 Å². The van der Waals surface area contributed by atoms with Crippen LogP contribution in [0, 0.1) is 28.6 Å². The number of hydrogen-bond donors (Lipinski definition) is 1. The Morgan fingerprint density at radius 2 is 1.42 bits per heavy atom. The van der Waals surface area contributed by atoms with Crippen molar-refractivity contribution in [3.05, 3.63) is 0 Å². The van der Waals surface area contributed by atoms with Gasteiger partial charge < -0.3 is 10.2 Å². The minimum Gasteiger partial charge on any atom is -0.314 e. The minimum atomic E-state index is 0.378. The Balaban J connectivity index is 3.88. The molecule has 0 amide bonds. The molecule has 2 nitrogen and oxygen atoms in total. The molecule has 3 unspecified atom stereocenters. The molecule has 0 heterocycles. The molecule has 0 aromatic carbocycles. The lowest BCUT2D eigenvalue weighted by Crippen LogP contribution is -2.39. The molecule has 0 radical (unpaired) electrons. The monoisotopic (exact) mass is 368 g/mol. The van der Waals surface area contributed by atoms with Crippen LogP contribution in [0.25, 0.3) is 0 Å². The summed E-state index contributed by atoms with van der Waals surface area (Å²) in [5.41, 5.74) is 0.857. The van der Waals surface area contributed by atoms with Gasteiger partial charge in [-0.25, -0.2) is 0 Å². The standard InChI is InChI=1S/C24H52N2/c1-19(2)24(9,10)15-13-20(3)14-18-26(11)17-12-16-25-22(5)21(4)23(6,7)8/h19-22,25H,12-18H2,1-11H3. The molecule has 0 aromatic heterocycles. The van der Waals surface area contributed by atoms with Gasteiger partial charge in [0.1, 0.15) is 0 Å². The van der Waals surface area contributed by atoms with E-state index in [2.05, 4.69) is 86.5 Å². The topological polar surface area (TPSA) is 15.3 Å². The van der Waals surface area contributed by atoms with Crippen molar-refractivity contribution in [1.29, 1.82) is 0 Å². The molecule has 3 atom stereocenters. The van der Waals surface area contributed by atoms with Crippen LogP contribution in [0.4, 0.5) is 0 Å². The van der Waals surface area contributed by atoms with Crippen LogP contribution in [-0.2, 0) is 0 Å². The number of hydrogen-bond acceptors (Lipinski definition) is 2. The van der Waals surface area contributed by atoms with E-state index < -0.39 is 0 Å². The summed E-state index contributed by atoms with van der Waals surface area (Å²) in [6.07, 6.45) is 5.29. The molecule has 0 aliphatic carbocycles. The summed E-state index contributed by atoms with van der Waals surface area (Å²) in [7, 11) is 2.28. The van der Waals surface area contributed by atoms with Crippen molar-refractivity contribution in [2.45, 2.75) is 101 Å². The van der Waals surface area contributed by atoms with Gasteiger partial charge in [-0.05, 0) is 81.5 Å². The van der Waals surface area contributed by atoms with E-state index in [1.54, 1.807) is 0 Å². The maximum absolute atomic E-state index is 3.73. The van der Waals surface area contributed by atoms with Gasteiger partial charge in [-0.2, -0.15) is 0 Å². The highest BCUT2D eigenvalue weighted by Gasteiger charge is 2.25. The van der Waals surface area contributed by atoms with Crippen LogP contribution in [0.2, 0.25) is 0 Å². The third kappa shape index (κ3) is 10.9. The first-order valence-electron chi connectivity index (χ1n) is 11.2. The lowest BCUT2D eigenvalue weighted by Gasteiger charge is -2.33. The van der Waals surface area contributed by atoms with Gasteiger partial charge in [0.2, 0.25) is 0 Å². The highest BCUT2D eigenvalue weighted by Crippen LogP contribution is 2.33. The molecule has 0 rings (SSSR count). The van der Waals surface area contributed by atoms with Gasteiger partial charge in [0.25, 0.3) is 0 Å². The summed E-state index contributed by atoms with van der Waals surface area (Å²) in [5, 5.41) is 3.73. The zero-order valence-corrected chi connectivity index (χ0v) is 20.2. The van der Waals surface area contributed by atoms with Gasteiger partial charge in [-0.1, -0.05) is 68.7 Å². The van der Waals surface area contributed by atoms with Crippen LogP contribution in [-0.4, -0.2) is 37.6 Å². The van der Waals surface area contributed by atoms with Crippen molar-refractivity contribution in [1.82, 2.24) is 10.2 Å². The lowest BCUT2D eigenvalue weighted by molar-refractivity contribution is 0.199. The molecule has 2 heteroatoms. The number of nitrogens with zero attached hydrogens (tertiary/aromatic N) is 1. The molecule has 26 heavy (non-hydrogen) atoms. The Bertz CT molecular complexity index is 354. The molecule has 158 valence electrons. The smallest absolute Gasteiger partial charge is 0.00693 e. The summed E-state index contributed by atoms with van der Waals surface area (Å²) in [5.74, 6) is 2.30. The summed E-state index contributed by atoms with van der Waals surface area (Å²) in [6, 6.07) is 0.588. The largest absolute Gasteiger partial charge is 0.314 e. The molecule has 0 bridgehead atoms. The second-order valence-electron chi connectivity index (χ2n) is 11.1. The van der Waals surface area contributed by atoms with E-state index >= 15 is 0 Å². The van der Waals surface area contributed by atoms with Gasteiger partial charge in [-0.15, -0.1) is 0 Å². The third-order valence-corrected chi connectivity index (χ3v) is 7.15. The van der Waals surface area contributed by atoms with Crippen LogP contribution in [0.5, 0.6) is 0 Å². The highest BCUT2D eigenvalue weighted by molar-refractivity contribution is 4.79. The van der Waals surface area contributed by atoms with Gasteiger partial charge in [0, 0.05) is 6.04 Å². The van der Waals surface area contributed by atoms with Crippen molar-refractivity contribution in [3.63, 3.8) is 0 Å². The van der Waals surface area contributed by atoms with Gasteiger partial charge in [0.15, 0.2) is 0 Å². The van der Waals surface area contributed by atoms with Crippen molar-refractivity contribution >= 4 is 0 Å². The Morgan fingerprint density at radius 1 is 0.846 bits per heavy atom. The maximum atomic E-state index is 3.73. The number of rotatable bonds is 13. The zero-order valence-electron chi connectivity index (χ0n) is 20.2. The summed E-state index contributed by atoms with van der Waals surface area (Å²) < 4.78 is 0. The van der Waals surface area contributed by atoms with Crippen LogP contribution in [0.15, 0.2) is 0 Å². The van der Waals surface area contributed by atoms with Crippen LogP contribution in [0.3, 0.4) is 0 Å². The summed E-state index contributed by atoms with van der Waals surface area (Å²) in [4.78, 5) is 2.52. The molecule has 0 aliphatic rings. The van der Waals surface area contributed by atoms with E-state index in [0.717, 1.165) is 18.4 Å². The highest BCUT2D eigenvalue weighted by atomic mass is 15.1. The molecular formula is C24H52N2. The normalized spacial score (nSPS) is 17.0. The first-order valence-corrected chi connectivity index (χ1v) is 11.2. The predicted octanol–water partition coefficient (Wildman–Crippen LogP) is 6.46. The van der Waals surface area contributed by atoms with Crippen molar-refractivity contribution in [3.8, 4) is 0 Å². The molecule has 0 aromatic rings. The van der Waals surface area contributed by atoms with E-state index in [1.165, 1.54) is 38.8 Å². The quantitative estimate of drug-likeness (QED) is 0.375. The molecule has 0 spiro atoms. The Morgan fingerprint density at radius 3 is 1.92 bits per heavy atom. The molecule has 0 saturated carbocycles. The molecular weight excluding hydrogens is 316 g/mol. The first kappa shape index (κ1) is 25.9. The van der Waals surface area contributed by atoms with Crippen LogP contribution >= 0.6 is 0 Å². The third-order valence-electron chi connectivity index (χ3n) is 7.15. The molecule has 0 aliphatic heterocycles. The van der Waals surface area contributed by atoms with E-state index in [1.807, 2.05) is 0 Å². The fourth-order valence-corrected chi connectivity index (χ4v) is 3.21. The predicted molar refractivity (Wildman–Crippen MR) is 120 cm³/mol. The minimum absolute atomic E-state index is 0.378. The Hall–Kier alpha value is -0.0800. The van der Waals surface area contributed by atoms with Crippen molar-refractivity contribution in [2.24, 2.45) is 28.6 Å². The van der Waals surface area contributed by atoms with E-state index in [9.17, 15) is 0 Å². The molecule has 0 saturated heterocycles. The van der Waals surface area contributed by atoms with Crippen molar-refractivity contribution < 1.29 is 0 Å². The Labute approximate surface area is 166 Å². The zero-order chi connectivity index (χ0) is 20.5. The molecule has 1 N–H and O–H groups in total. The second-order valence-corrected chi connectivity index (χ2v) is 11.1.